The van der Waals surface area contributed by atoms with Crippen molar-refractivity contribution in [3.63, 3.8) is 0 Å². The van der Waals surface area contributed by atoms with Crippen LogP contribution in [-0.2, 0) is 9.53 Å². The number of aldehydes is 1. The first-order valence-electron chi connectivity index (χ1n) is 5.85. The topological polar surface area (TPSA) is 26.3 Å². The molecule has 0 spiro atoms. The minimum absolute atomic E-state index is 0.355. The Bertz CT molecular complexity index is 251. The summed E-state index contributed by atoms with van der Waals surface area (Å²) in [6, 6.07) is 0. The maximum Gasteiger partial charge on any atom is 0.123 e. The molecule has 2 bridgehead atoms. The van der Waals surface area contributed by atoms with Gasteiger partial charge < -0.3 is 9.53 Å². The SMILES string of the molecule is COC1C2CCC1C1C(C=O)CCC21. The molecule has 6 unspecified atom stereocenters. The Morgan fingerprint density at radius 3 is 2.50 bits per heavy atom. The van der Waals surface area contributed by atoms with Crippen LogP contribution in [-0.4, -0.2) is 19.5 Å². The van der Waals surface area contributed by atoms with Crippen molar-refractivity contribution in [3.8, 4) is 0 Å². The van der Waals surface area contributed by atoms with Crippen molar-refractivity contribution >= 4 is 6.29 Å². The van der Waals surface area contributed by atoms with Gasteiger partial charge in [-0.15, -0.1) is 0 Å². The summed E-state index contributed by atoms with van der Waals surface area (Å²) < 4.78 is 5.61. The lowest BCUT2D eigenvalue weighted by molar-refractivity contribution is -0.112. The number of rotatable bonds is 2. The quantitative estimate of drug-likeness (QED) is 0.627. The molecule has 0 aromatic carbocycles. The van der Waals surface area contributed by atoms with Gasteiger partial charge in [0.25, 0.3) is 0 Å². The van der Waals surface area contributed by atoms with Gasteiger partial charge in [-0.2, -0.15) is 0 Å². The predicted molar refractivity (Wildman–Crippen MR) is 52.8 cm³/mol. The van der Waals surface area contributed by atoms with Gasteiger partial charge in [-0.3, -0.25) is 0 Å². The number of methoxy groups -OCH3 is 1. The van der Waals surface area contributed by atoms with E-state index in [1.165, 1.54) is 25.5 Å². The van der Waals surface area contributed by atoms with Crippen LogP contribution in [0.5, 0.6) is 0 Å². The highest BCUT2D eigenvalue weighted by atomic mass is 16.5. The molecule has 3 fully saturated rings. The molecule has 3 rings (SSSR count). The Labute approximate surface area is 85.0 Å². The Kier molecular flexibility index (Phi) is 1.94. The van der Waals surface area contributed by atoms with E-state index >= 15 is 0 Å². The van der Waals surface area contributed by atoms with Crippen LogP contribution in [0.2, 0.25) is 0 Å². The molecule has 78 valence electrons. The zero-order valence-electron chi connectivity index (χ0n) is 8.69. The van der Waals surface area contributed by atoms with Gasteiger partial charge in [0.1, 0.15) is 6.29 Å². The molecule has 3 saturated carbocycles. The van der Waals surface area contributed by atoms with Gasteiger partial charge in [0.2, 0.25) is 0 Å². The Balaban J connectivity index is 1.88. The van der Waals surface area contributed by atoms with Crippen molar-refractivity contribution in [2.24, 2.45) is 29.6 Å². The van der Waals surface area contributed by atoms with E-state index in [0.717, 1.165) is 18.3 Å². The van der Waals surface area contributed by atoms with Crippen LogP contribution in [0.25, 0.3) is 0 Å². The van der Waals surface area contributed by atoms with Gasteiger partial charge in [0.05, 0.1) is 6.10 Å². The summed E-state index contributed by atoms with van der Waals surface area (Å²) in [5, 5.41) is 0. The summed E-state index contributed by atoms with van der Waals surface area (Å²) in [5.74, 6) is 3.32. The Hall–Kier alpha value is -0.370. The fourth-order valence-electron chi connectivity index (χ4n) is 4.63. The van der Waals surface area contributed by atoms with Gasteiger partial charge in [0.15, 0.2) is 0 Å². The molecule has 6 atom stereocenters. The molecule has 0 aromatic heterocycles. The standard InChI is InChI=1S/C12H18O2/c1-14-12-9-4-5-10(12)11-7(6-13)2-3-8(9)11/h6-12H,2-5H2,1H3. The maximum absolute atomic E-state index is 11.0. The largest absolute Gasteiger partial charge is 0.381 e. The highest BCUT2D eigenvalue weighted by Crippen LogP contribution is 2.61. The molecule has 3 aliphatic carbocycles. The van der Waals surface area contributed by atoms with Crippen LogP contribution in [0.3, 0.4) is 0 Å². The smallest absolute Gasteiger partial charge is 0.123 e. The lowest BCUT2D eigenvalue weighted by Gasteiger charge is -2.25. The number of carbonyl (C=O) groups is 1. The summed E-state index contributed by atoms with van der Waals surface area (Å²) in [6.45, 7) is 0. The molecule has 3 aliphatic rings. The molecule has 0 saturated heterocycles. The minimum Gasteiger partial charge on any atom is -0.381 e. The Morgan fingerprint density at radius 1 is 1.07 bits per heavy atom. The lowest BCUT2D eigenvalue weighted by atomic mass is 9.78. The lowest BCUT2D eigenvalue weighted by Crippen LogP contribution is -2.24. The summed E-state index contributed by atoms with van der Waals surface area (Å²) >= 11 is 0. The van der Waals surface area contributed by atoms with Crippen LogP contribution < -0.4 is 0 Å². The molecule has 2 nitrogen and oxygen atoms in total. The van der Waals surface area contributed by atoms with E-state index in [9.17, 15) is 4.79 Å². The molecular formula is C12H18O2. The van der Waals surface area contributed by atoms with Crippen LogP contribution in [0, 0.1) is 29.6 Å². The van der Waals surface area contributed by atoms with E-state index in [1.54, 1.807) is 0 Å². The van der Waals surface area contributed by atoms with Crippen LogP contribution in [0.4, 0.5) is 0 Å². The van der Waals surface area contributed by atoms with E-state index in [1.807, 2.05) is 7.11 Å². The average Bonchev–Trinajstić information content (AvgIpc) is 2.87. The van der Waals surface area contributed by atoms with Crippen LogP contribution >= 0.6 is 0 Å². The first kappa shape index (κ1) is 8.90. The van der Waals surface area contributed by atoms with Crippen molar-refractivity contribution in [3.05, 3.63) is 0 Å². The third-order valence-electron chi connectivity index (χ3n) is 4.99. The second-order valence-electron chi connectivity index (χ2n) is 5.22. The molecule has 0 aliphatic heterocycles. The summed E-state index contributed by atoms with van der Waals surface area (Å²) in [4.78, 5) is 11.0. The van der Waals surface area contributed by atoms with Crippen molar-refractivity contribution in [1.29, 1.82) is 0 Å². The molecule has 0 heterocycles. The Morgan fingerprint density at radius 2 is 1.79 bits per heavy atom. The normalized spacial score (nSPS) is 54.9. The zero-order valence-corrected chi connectivity index (χ0v) is 8.69. The van der Waals surface area contributed by atoms with Gasteiger partial charge in [-0.1, -0.05) is 0 Å². The highest BCUT2D eigenvalue weighted by Gasteiger charge is 2.58. The van der Waals surface area contributed by atoms with Gasteiger partial charge >= 0.3 is 0 Å². The summed E-state index contributed by atoms with van der Waals surface area (Å²) in [5.41, 5.74) is 0. The van der Waals surface area contributed by atoms with Gasteiger partial charge in [-0.05, 0) is 49.4 Å². The highest BCUT2D eigenvalue weighted by molar-refractivity contribution is 5.55. The summed E-state index contributed by atoms with van der Waals surface area (Å²) in [6.07, 6.45) is 6.74. The van der Waals surface area contributed by atoms with Gasteiger partial charge in [-0.25, -0.2) is 0 Å². The second kappa shape index (κ2) is 3.06. The molecule has 0 aromatic rings. The van der Waals surface area contributed by atoms with Crippen LogP contribution in [0.1, 0.15) is 25.7 Å². The number of hydrogen-bond acceptors (Lipinski definition) is 2. The molecule has 0 N–H and O–H groups in total. The fourth-order valence-corrected chi connectivity index (χ4v) is 4.63. The number of ether oxygens (including phenoxy) is 1. The van der Waals surface area contributed by atoms with E-state index < -0.39 is 0 Å². The second-order valence-corrected chi connectivity index (χ2v) is 5.22. The van der Waals surface area contributed by atoms with E-state index in [4.69, 9.17) is 4.74 Å². The average molecular weight is 194 g/mol. The molecule has 14 heavy (non-hydrogen) atoms. The molecule has 2 heteroatoms. The van der Waals surface area contributed by atoms with Crippen molar-refractivity contribution in [2.75, 3.05) is 7.11 Å². The zero-order chi connectivity index (χ0) is 9.71. The fraction of sp³-hybridized carbons (Fsp3) is 0.917. The number of fused-ring (bicyclic) bond motifs is 5. The minimum atomic E-state index is 0.355. The van der Waals surface area contributed by atoms with Crippen molar-refractivity contribution in [1.82, 2.24) is 0 Å². The first-order valence-corrected chi connectivity index (χ1v) is 5.85. The third-order valence-corrected chi connectivity index (χ3v) is 4.99. The first-order chi connectivity index (χ1) is 6.86. The van der Waals surface area contributed by atoms with E-state index in [2.05, 4.69) is 0 Å². The monoisotopic (exact) mass is 194 g/mol. The van der Waals surface area contributed by atoms with Crippen molar-refractivity contribution < 1.29 is 9.53 Å². The van der Waals surface area contributed by atoms with E-state index in [-0.39, 0.29) is 0 Å². The summed E-state index contributed by atoms with van der Waals surface area (Å²) in [7, 11) is 1.84. The van der Waals surface area contributed by atoms with Gasteiger partial charge in [0, 0.05) is 13.0 Å². The number of carbonyl (C=O) groups excluding carboxylic acids is 1. The molecule has 0 radical (unpaired) electrons. The van der Waals surface area contributed by atoms with E-state index in [0.29, 0.717) is 23.9 Å². The van der Waals surface area contributed by atoms with Crippen LogP contribution in [0.15, 0.2) is 0 Å². The maximum atomic E-state index is 11.0. The third kappa shape index (κ3) is 0.928. The molecule has 0 amide bonds. The van der Waals surface area contributed by atoms with Crippen molar-refractivity contribution in [2.45, 2.75) is 31.8 Å². The number of hydrogen-bond donors (Lipinski definition) is 0. The predicted octanol–water partition coefficient (Wildman–Crippen LogP) is 1.88. The molecular weight excluding hydrogens is 176 g/mol.